The minimum Gasteiger partial charge on any atom is -0.386 e. The highest BCUT2D eigenvalue weighted by atomic mass is 16.6. The molecule has 0 aromatic rings. The third kappa shape index (κ3) is 11.4. The topological polar surface area (TPSA) is 144 Å². The maximum absolute atomic E-state index is 11.2. The molecule has 0 fully saturated rings. The van der Waals surface area contributed by atoms with Gasteiger partial charge in [0.2, 0.25) is 12.1 Å². The van der Waals surface area contributed by atoms with Gasteiger partial charge in [-0.1, -0.05) is 31.9 Å². The normalized spacial score (nSPS) is 16.0. The summed E-state index contributed by atoms with van der Waals surface area (Å²) in [5.74, 6) is 0. The van der Waals surface area contributed by atoms with Gasteiger partial charge < -0.3 is 10.2 Å². The first kappa shape index (κ1) is 25.1. The molecule has 155 valence electrons. The van der Waals surface area contributed by atoms with Gasteiger partial charge in [-0.2, -0.15) is 0 Å². The molecule has 0 saturated heterocycles. The number of unbranched alkanes of at least 4 members (excludes halogenated alkanes) is 5. The van der Waals surface area contributed by atoms with Crippen LogP contribution in [0.2, 0.25) is 0 Å². The Labute approximate surface area is 159 Å². The van der Waals surface area contributed by atoms with E-state index in [1.165, 1.54) is 0 Å². The van der Waals surface area contributed by atoms with Gasteiger partial charge in [0, 0.05) is 22.7 Å². The van der Waals surface area contributed by atoms with Crippen molar-refractivity contribution in [3.63, 3.8) is 0 Å². The smallest absolute Gasteiger partial charge is 0.241 e. The third-order valence-corrected chi connectivity index (χ3v) is 4.46. The molecular formula is C18H31N2O7. The highest BCUT2D eigenvalue weighted by molar-refractivity contribution is 5.50. The Bertz CT molecular complexity index is 471. The molecule has 0 aliphatic carbocycles. The number of aliphatic hydroxyl groups is 2. The zero-order valence-corrected chi connectivity index (χ0v) is 15.9. The molecule has 0 aromatic heterocycles. The third-order valence-electron chi connectivity index (χ3n) is 4.46. The van der Waals surface area contributed by atoms with E-state index in [0.29, 0.717) is 25.7 Å². The van der Waals surface area contributed by atoms with Gasteiger partial charge in [0.15, 0.2) is 6.29 Å². The van der Waals surface area contributed by atoms with Gasteiger partial charge >= 0.3 is 0 Å². The molecular weight excluding hydrogens is 356 g/mol. The summed E-state index contributed by atoms with van der Waals surface area (Å²) in [5.41, 5.74) is 0. The Balaban J connectivity index is 4.61. The lowest BCUT2D eigenvalue weighted by Gasteiger charge is -2.20. The van der Waals surface area contributed by atoms with Gasteiger partial charge in [-0.05, 0) is 32.1 Å². The van der Waals surface area contributed by atoms with E-state index in [2.05, 4.69) is 0 Å². The SMILES string of the molecule is CCCCCC(C(O)CC(C(O)C/C=C/CCCC[C]=O)[N+](=O)[O-])[N+](=O)[O-]. The highest BCUT2D eigenvalue weighted by Crippen LogP contribution is 2.18. The quantitative estimate of drug-likeness (QED) is 0.169. The summed E-state index contributed by atoms with van der Waals surface area (Å²) in [7, 11) is 0. The largest absolute Gasteiger partial charge is 0.386 e. The second kappa shape index (κ2) is 15.2. The summed E-state index contributed by atoms with van der Waals surface area (Å²) in [6.45, 7) is 1.95. The molecule has 0 heterocycles. The Kier molecular flexibility index (Phi) is 14.2. The summed E-state index contributed by atoms with van der Waals surface area (Å²) >= 11 is 0. The maximum atomic E-state index is 11.2. The first-order valence-corrected chi connectivity index (χ1v) is 9.48. The monoisotopic (exact) mass is 387 g/mol. The zero-order chi connectivity index (χ0) is 20.7. The van der Waals surface area contributed by atoms with E-state index in [1.54, 1.807) is 18.4 Å². The van der Waals surface area contributed by atoms with Crippen LogP contribution in [0.3, 0.4) is 0 Å². The number of hydrogen-bond acceptors (Lipinski definition) is 7. The summed E-state index contributed by atoms with van der Waals surface area (Å²) in [4.78, 5) is 31.2. The van der Waals surface area contributed by atoms with Crippen LogP contribution >= 0.6 is 0 Å². The molecule has 9 heteroatoms. The Hall–Kier alpha value is -1.87. The van der Waals surface area contributed by atoms with Crippen molar-refractivity contribution in [2.45, 2.75) is 95.4 Å². The number of nitrogens with zero attached hydrogens (tertiary/aromatic N) is 2. The fraction of sp³-hybridized carbons (Fsp3) is 0.833. The molecule has 0 bridgehead atoms. The van der Waals surface area contributed by atoms with Crippen LogP contribution in [0.4, 0.5) is 0 Å². The van der Waals surface area contributed by atoms with Gasteiger partial charge in [-0.3, -0.25) is 25.0 Å². The van der Waals surface area contributed by atoms with E-state index < -0.39 is 40.6 Å². The number of allylic oxidation sites excluding steroid dienone is 1. The first-order chi connectivity index (χ1) is 12.8. The molecule has 0 rings (SSSR count). The molecule has 0 aromatic carbocycles. The van der Waals surface area contributed by atoms with Gasteiger partial charge in [0.25, 0.3) is 0 Å². The van der Waals surface area contributed by atoms with Crippen molar-refractivity contribution < 1.29 is 24.9 Å². The molecule has 0 amide bonds. The molecule has 4 unspecified atom stereocenters. The molecule has 2 N–H and O–H groups in total. The Morgan fingerprint density at radius 2 is 1.63 bits per heavy atom. The molecule has 9 nitrogen and oxygen atoms in total. The van der Waals surface area contributed by atoms with Crippen molar-refractivity contribution in [1.82, 2.24) is 0 Å². The van der Waals surface area contributed by atoms with Crippen molar-refractivity contribution in [2.24, 2.45) is 0 Å². The molecule has 4 atom stereocenters. The standard InChI is InChI=1S/C18H31N2O7/c1-2-3-8-11-15(19(24)25)18(23)14-16(20(26)27)17(22)12-9-6-4-5-7-10-13-21/h6,9,15-18,22-23H,2-5,7-8,10-12,14H2,1H3/b9-6+. The van der Waals surface area contributed by atoms with Crippen molar-refractivity contribution >= 4 is 6.29 Å². The maximum Gasteiger partial charge on any atom is 0.241 e. The minimum absolute atomic E-state index is 0.0249. The summed E-state index contributed by atoms with van der Waals surface area (Å²) in [5, 5.41) is 42.6. The molecule has 0 aliphatic rings. The second-order valence-electron chi connectivity index (χ2n) is 6.67. The number of aliphatic hydroxyl groups excluding tert-OH is 2. The zero-order valence-electron chi connectivity index (χ0n) is 15.9. The fourth-order valence-corrected chi connectivity index (χ4v) is 2.80. The van der Waals surface area contributed by atoms with Crippen LogP contribution in [-0.4, -0.2) is 50.6 Å². The van der Waals surface area contributed by atoms with Crippen LogP contribution < -0.4 is 0 Å². The van der Waals surface area contributed by atoms with Crippen LogP contribution in [-0.2, 0) is 4.79 Å². The Morgan fingerprint density at radius 1 is 0.963 bits per heavy atom. The first-order valence-electron chi connectivity index (χ1n) is 9.48. The van der Waals surface area contributed by atoms with Crippen LogP contribution in [0.1, 0.15) is 71.1 Å². The minimum atomic E-state index is -1.48. The second-order valence-corrected chi connectivity index (χ2v) is 6.67. The lowest BCUT2D eigenvalue weighted by atomic mass is 9.95. The lowest BCUT2D eigenvalue weighted by Crippen LogP contribution is -2.42. The van der Waals surface area contributed by atoms with Crippen molar-refractivity contribution in [1.29, 1.82) is 0 Å². The summed E-state index contributed by atoms with van der Waals surface area (Å²) in [6, 6.07) is -2.74. The van der Waals surface area contributed by atoms with E-state index >= 15 is 0 Å². The van der Waals surface area contributed by atoms with Gasteiger partial charge in [0.1, 0.15) is 12.2 Å². The van der Waals surface area contributed by atoms with Crippen LogP contribution in [0, 0.1) is 20.2 Å². The average molecular weight is 387 g/mol. The molecule has 27 heavy (non-hydrogen) atoms. The predicted octanol–water partition coefficient (Wildman–Crippen LogP) is 2.59. The van der Waals surface area contributed by atoms with Gasteiger partial charge in [0.05, 0.1) is 6.42 Å². The average Bonchev–Trinajstić information content (AvgIpc) is 2.61. The van der Waals surface area contributed by atoms with Crippen LogP contribution in [0.5, 0.6) is 0 Å². The van der Waals surface area contributed by atoms with Crippen molar-refractivity contribution in [2.75, 3.05) is 0 Å². The van der Waals surface area contributed by atoms with E-state index in [9.17, 15) is 35.2 Å². The van der Waals surface area contributed by atoms with E-state index in [-0.39, 0.29) is 12.8 Å². The molecule has 0 aliphatic heterocycles. The van der Waals surface area contributed by atoms with Crippen molar-refractivity contribution in [3.8, 4) is 0 Å². The fourth-order valence-electron chi connectivity index (χ4n) is 2.80. The summed E-state index contributed by atoms with van der Waals surface area (Å²) < 4.78 is 0. The highest BCUT2D eigenvalue weighted by Gasteiger charge is 2.38. The number of carbonyl (C=O) groups excluding carboxylic acids is 1. The van der Waals surface area contributed by atoms with Crippen LogP contribution in [0.25, 0.3) is 0 Å². The number of nitro groups is 2. The number of hydrogen-bond donors (Lipinski definition) is 2. The van der Waals surface area contributed by atoms with Gasteiger partial charge in [-0.25, -0.2) is 0 Å². The van der Waals surface area contributed by atoms with Crippen LogP contribution in [0.15, 0.2) is 12.2 Å². The molecule has 1 radical (unpaired) electrons. The van der Waals surface area contributed by atoms with E-state index in [0.717, 1.165) is 19.3 Å². The summed E-state index contributed by atoms with van der Waals surface area (Å²) in [6.07, 6.45) is 6.84. The molecule has 0 spiro atoms. The van der Waals surface area contributed by atoms with E-state index in [1.807, 2.05) is 6.92 Å². The predicted molar refractivity (Wildman–Crippen MR) is 100 cm³/mol. The number of rotatable bonds is 17. The molecule has 0 saturated carbocycles. The lowest BCUT2D eigenvalue weighted by molar-refractivity contribution is -0.554. The van der Waals surface area contributed by atoms with Crippen molar-refractivity contribution in [3.05, 3.63) is 32.4 Å². The van der Waals surface area contributed by atoms with E-state index in [4.69, 9.17) is 0 Å². The Morgan fingerprint density at radius 3 is 2.19 bits per heavy atom. The van der Waals surface area contributed by atoms with Gasteiger partial charge in [-0.15, -0.1) is 0 Å².